The van der Waals surface area contributed by atoms with Gasteiger partial charge in [-0.1, -0.05) is 6.07 Å². The number of morpholine rings is 1. The molecule has 0 radical (unpaired) electrons. The van der Waals surface area contributed by atoms with Gasteiger partial charge in [0.1, 0.15) is 6.04 Å². The van der Waals surface area contributed by atoms with E-state index in [9.17, 15) is 4.79 Å². The number of nitriles is 1. The summed E-state index contributed by atoms with van der Waals surface area (Å²) in [5.74, 6) is -0.128. The third-order valence-corrected chi connectivity index (χ3v) is 3.55. The Balaban J connectivity index is 2.27. The molecule has 2 rings (SSSR count). The van der Waals surface area contributed by atoms with Crippen molar-refractivity contribution in [1.29, 1.82) is 5.26 Å². The minimum atomic E-state index is -0.501. The van der Waals surface area contributed by atoms with Crippen LogP contribution >= 0.6 is 15.9 Å². The van der Waals surface area contributed by atoms with Crippen LogP contribution in [0.2, 0.25) is 0 Å². The van der Waals surface area contributed by atoms with Crippen LogP contribution in [-0.4, -0.2) is 36.6 Å². The summed E-state index contributed by atoms with van der Waals surface area (Å²) in [5.41, 5.74) is 1.67. The monoisotopic (exact) mass is 308 g/mol. The lowest BCUT2D eigenvalue weighted by Gasteiger charge is -2.31. The molecule has 1 aromatic carbocycles. The van der Waals surface area contributed by atoms with Crippen molar-refractivity contribution in [1.82, 2.24) is 4.90 Å². The van der Waals surface area contributed by atoms with Gasteiger partial charge in [-0.15, -0.1) is 0 Å². The van der Waals surface area contributed by atoms with Crippen molar-refractivity contribution in [2.45, 2.75) is 13.0 Å². The zero-order chi connectivity index (χ0) is 13.1. The van der Waals surface area contributed by atoms with E-state index in [2.05, 4.69) is 22.0 Å². The van der Waals surface area contributed by atoms with Crippen LogP contribution < -0.4 is 0 Å². The Morgan fingerprint density at radius 3 is 3.06 bits per heavy atom. The van der Waals surface area contributed by atoms with Crippen molar-refractivity contribution in [3.63, 3.8) is 0 Å². The molecule has 1 atom stereocenters. The van der Waals surface area contributed by atoms with E-state index in [0.717, 1.165) is 10.0 Å². The fourth-order valence-electron chi connectivity index (χ4n) is 1.90. The van der Waals surface area contributed by atoms with Crippen molar-refractivity contribution in [3.05, 3.63) is 33.8 Å². The van der Waals surface area contributed by atoms with E-state index in [0.29, 0.717) is 18.7 Å². The van der Waals surface area contributed by atoms with Gasteiger partial charge in [0.05, 0.1) is 24.8 Å². The second kappa shape index (κ2) is 5.51. The maximum atomic E-state index is 12.4. The molecule has 1 fully saturated rings. The molecule has 0 spiro atoms. The lowest BCUT2D eigenvalue weighted by Crippen LogP contribution is -2.48. The topological polar surface area (TPSA) is 53.3 Å². The van der Waals surface area contributed by atoms with Crippen LogP contribution in [0.4, 0.5) is 0 Å². The van der Waals surface area contributed by atoms with Crippen LogP contribution in [0.25, 0.3) is 0 Å². The summed E-state index contributed by atoms with van der Waals surface area (Å²) in [7, 11) is 0. The van der Waals surface area contributed by atoms with Gasteiger partial charge in [-0.3, -0.25) is 4.79 Å². The molecule has 0 unspecified atom stereocenters. The van der Waals surface area contributed by atoms with Crippen molar-refractivity contribution in [3.8, 4) is 6.07 Å². The van der Waals surface area contributed by atoms with Gasteiger partial charge in [0.2, 0.25) is 0 Å². The lowest BCUT2D eigenvalue weighted by molar-refractivity contribution is 0.0132. The number of aryl methyl sites for hydroxylation is 1. The van der Waals surface area contributed by atoms with Crippen molar-refractivity contribution in [2.75, 3.05) is 19.8 Å². The van der Waals surface area contributed by atoms with Gasteiger partial charge in [-0.05, 0) is 40.5 Å². The predicted molar refractivity (Wildman–Crippen MR) is 70.1 cm³/mol. The van der Waals surface area contributed by atoms with E-state index in [1.165, 1.54) is 0 Å². The average Bonchev–Trinajstić information content (AvgIpc) is 2.38. The van der Waals surface area contributed by atoms with Gasteiger partial charge in [-0.2, -0.15) is 5.26 Å². The molecule has 5 heteroatoms. The van der Waals surface area contributed by atoms with E-state index in [1.54, 1.807) is 11.0 Å². The predicted octanol–water partition coefficient (Wildman–Crippen LogP) is 2.12. The van der Waals surface area contributed by atoms with Gasteiger partial charge in [0.15, 0.2) is 0 Å². The molecule has 0 N–H and O–H groups in total. The van der Waals surface area contributed by atoms with Crippen LogP contribution in [0, 0.1) is 18.3 Å². The Labute approximate surface area is 114 Å². The molecular weight excluding hydrogens is 296 g/mol. The smallest absolute Gasteiger partial charge is 0.256 e. The molecule has 0 aromatic heterocycles. The molecule has 0 aliphatic carbocycles. The van der Waals surface area contributed by atoms with Crippen molar-refractivity contribution < 1.29 is 9.53 Å². The van der Waals surface area contributed by atoms with Crippen LogP contribution in [-0.2, 0) is 4.74 Å². The second-order valence-electron chi connectivity index (χ2n) is 4.20. The zero-order valence-corrected chi connectivity index (χ0v) is 11.6. The summed E-state index contributed by atoms with van der Waals surface area (Å²) in [6.07, 6.45) is 0. The summed E-state index contributed by atoms with van der Waals surface area (Å²) in [6, 6.07) is 7.17. The molecule has 1 amide bonds. The first-order chi connectivity index (χ1) is 8.63. The number of carbonyl (C=O) groups excluding carboxylic acids is 1. The molecule has 1 aliphatic rings. The first-order valence-electron chi connectivity index (χ1n) is 5.68. The van der Waals surface area contributed by atoms with Crippen LogP contribution in [0.15, 0.2) is 22.7 Å². The molecule has 1 saturated heterocycles. The highest BCUT2D eigenvalue weighted by molar-refractivity contribution is 9.10. The van der Waals surface area contributed by atoms with E-state index in [4.69, 9.17) is 10.00 Å². The Morgan fingerprint density at radius 2 is 2.39 bits per heavy atom. The normalized spacial score (nSPS) is 19.4. The SMILES string of the molecule is Cc1ccc(C(=O)N2CCOC[C@@H]2C#N)c(Br)c1. The number of amides is 1. The Morgan fingerprint density at radius 1 is 1.61 bits per heavy atom. The molecule has 4 nitrogen and oxygen atoms in total. The number of benzene rings is 1. The number of hydrogen-bond donors (Lipinski definition) is 0. The highest BCUT2D eigenvalue weighted by Gasteiger charge is 2.28. The van der Waals surface area contributed by atoms with E-state index < -0.39 is 6.04 Å². The number of ether oxygens (including phenoxy) is 1. The van der Waals surface area contributed by atoms with Crippen LogP contribution in [0.3, 0.4) is 0 Å². The summed E-state index contributed by atoms with van der Waals surface area (Å²) in [6.45, 7) is 3.18. The lowest BCUT2D eigenvalue weighted by atomic mass is 10.1. The second-order valence-corrected chi connectivity index (χ2v) is 5.06. The van der Waals surface area contributed by atoms with Gasteiger partial charge < -0.3 is 9.64 Å². The van der Waals surface area contributed by atoms with E-state index >= 15 is 0 Å². The summed E-state index contributed by atoms with van der Waals surface area (Å²) < 4.78 is 5.97. The third-order valence-electron chi connectivity index (χ3n) is 2.89. The largest absolute Gasteiger partial charge is 0.376 e. The fraction of sp³-hybridized carbons (Fsp3) is 0.385. The number of nitrogens with zero attached hydrogens (tertiary/aromatic N) is 2. The molecule has 0 saturated carbocycles. The van der Waals surface area contributed by atoms with Crippen LogP contribution in [0.5, 0.6) is 0 Å². The third kappa shape index (κ3) is 2.55. The molecule has 0 bridgehead atoms. The standard InChI is InChI=1S/C13H13BrN2O2/c1-9-2-3-11(12(14)6-9)13(17)16-4-5-18-8-10(16)7-15/h2-3,6,10H,4-5,8H2,1H3/t10-/m0/s1. The first kappa shape index (κ1) is 13.1. The van der Waals surface area contributed by atoms with Gasteiger partial charge in [0, 0.05) is 11.0 Å². The summed E-state index contributed by atoms with van der Waals surface area (Å²) in [5, 5.41) is 9.04. The van der Waals surface area contributed by atoms with Gasteiger partial charge in [-0.25, -0.2) is 0 Å². The average molecular weight is 309 g/mol. The summed E-state index contributed by atoms with van der Waals surface area (Å²) in [4.78, 5) is 14.0. The maximum Gasteiger partial charge on any atom is 0.256 e. The van der Waals surface area contributed by atoms with Crippen molar-refractivity contribution in [2.24, 2.45) is 0 Å². The number of carbonyl (C=O) groups is 1. The molecule has 1 aliphatic heterocycles. The zero-order valence-electron chi connectivity index (χ0n) is 10.0. The van der Waals surface area contributed by atoms with Crippen LogP contribution in [0.1, 0.15) is 15.9 Å². The van der Waals surface area contributed by atoms with Gasteiger partial charge in [0.25, 0.3) is 5.91 Å². The molecule has 94 valence electrons. The minimum absolute atomic E-state index is 0.128. The highest BCUT2D eigenvalue weighted by atomic mass is 79.9. The number of rotatable bonds is 1. The quantitative estimate of drug-likeness (QED) is 0.798. The molecule has 1 heterocycles. The van der Waals surface area contributed by atoms with E-state index in [1.807, 2.05) is 19.1 Å². The molecule has 1 aromatic rings. The Kier molecular flexibility index (Phi) is 4.00. The Bertz CT molecular complexity index is 510. The number of hydrogen-bond acceptors (Lipinski definition) is 3. The number of halogens is 1. The molecular formula is C13H13BrN2O2. The minimum Gasteiger partial charge on any atom is -0.376 e. The van der Waals surface area contributed by atoms with E-state index in [-0.39, 0.29) is 12.5 Å². The highest BCUT2D eigenvalue weighted by Crippen LogP contribution is 2.21. The maximum absolute atomic E-state index is 12.4. The Hall–Kier alpha value is -1.38. The fourth-order valence-corrected chi connectivity index (χ4v) is 2.56. The summed E-state index contributed by atoms with van der Waals surface area (Å²) >= 11 is 3.39. The van der Waals surface area contributed by atoms with Crippen molar-refractivity contribution >= 4 is 21.8 Å². The molecule has 18 heavy (non-hydrogen) atoms. The first-order valence-corrected chi connectivity index (χ1v) is 6.47. The van der Waals surface area contributed by atoms with Gasteiger partial charge >= 0.3 is 0 Å².